The monoisotopic (exact) mass is 281 g/mol. The van der Waals surface area contributed by atoms with Crippen LogP contribution in [0.15, 0.2) is 0 Å². The molecule has 0 unspecified atom stereocenters. The van der Waals surface area contributed by atoms with Gasteiger partial charge in [-0.2, -0.15) is 5.10 Å². The maximum Gasteiger partial charge on any atom is 0.410 e. The third kappa shape index (κ3) is 3.09. The summed E-state index contributed by atoms with van der Waals surface area (Å²) in [6.45, 7) is 6.37. The molecule has 1 aromatic rings. The zero-order valence-electron chi connectivity index (χ0n) is 11.9. The first-order valence-electron chi connectivity index (χ1n) is 6.55. The second kappa shape index (κ2) is 5.15. The summed E-state index contributed by atoms with van der Waals surface area (Å²) in [4.78, 5) is 24.7. The van der Waals surface area contributed by atoms with Gasteiger partial charge in [0.1, 0.15) is 5.60 Å². The quantitative estimate of drug-likeness (QED) is 0.812. The average Bonchev–Trinajstić information content (AvgIpc) is 2.59. The minimum Gasteiger partial charge on any atom is -0.476 e. The van der Waals surface area contributed by atoms with Gasteiger partial charge in [-0.05, 0) is 27.2 Å². The molecular formula is C13H19N3O4. The topological polar surface area (TPSA) is 95.5 Å². The molecule has 2 rings (SSSR count). The first kappa shape index (κ1) is 14.4. The van der Waals surface area contributed by atoms with Crippen molar-refractivity contribution in [1.82, 2.24) is 15.1 Å². The van der Waals surface area contributed by atoms with E-state index in [9.17, 15) is 9.59 Å². The first-order chi connectivity index (χ1) is 9.28. The second-order valence-corrected chi connectivity index (χ2v) is 5.80. The lowest BCUT2D eigenvalue weighted by Gasteiger charge is -2.26. The number of nitrogens with zero attached hydrogens (tertiary/aromatic N) is 2. The Morgan fingerprint density at radius 2 is 1.95 bits per heavy atom. The number of aromatic carboxylic acids is 1. The Morgan fingerprint density at radius 1 is 1.30 bits per heavy atom. The zero-order chi connectivity index (χ0) is 14.9. The molecule has 0 saturated heterocycles. The number of hydrogen-bond donors (Lipinski definition) is 2. The molecule has 0 atom stereocenters. The van der Waals surface area contributed by atoms with Gasteiger partial charge in [0.15, 0.2) is 5.69 Å². The molecule has 110 valence electrons. The van der Waals surface area contributed by atoms with Crippen LogP contribution in [0.25, 0.3) is 0 Å². The molecule has 0 aliphatic carbocycles. The molecule has 1 aliphatic heterocycles. The first-order valence-corrected chi connectivity index (χ1v) is 6.55. The highest BCUT2D eigenvalue weighted by molar-refractivity contribution is 5.87. The van der Waals surface area contributed by atoms with Crippen molar-refractivity contribution in [3.8, 4) is 0 Å². The summed E-state index contributed by atoms with van der Waals surface area (Å²) in [7, 11) is 0. The molecule has 0 saturated carbocycles. The molecular weight excluding hydrogens is 262 g/mol. The lowest BCUT2D eigenvalue weighted by atomic mass is 10.1. The van der Waals surface area contributed by atoms with Crippen LogP contribution < -0.4 is 0 Å². The lowest BCUT2D eigenvalue weighted by molar-refractivity contribution is 0.0258. The van der Waals surface area contributed by atoms with E-state index in [1.165, 1.54) is 0 Å². The Bertz CT molecular complexity index is 530. The number of carbonyl (C=O) groups is 2. The molecule has 2 heterocycles. The molecule has 0 radical (unpaired) electrons. The van der Waals surface area contributed by atoms with E-state index in [2.05, 4.69) is 10.2 Å². The van der Waals surface area contributed by atoms with Crippen LogP contribution in [0.3, 0.4) is 0 Å². The molecule has 0 bridgehead atoms. The smallest absolute Gasteiger partial charge is 0.410 e. The molecule has 1 aliphatic rings. The van der Waals surface area contributed by atoms with Crippen molar-refractivity contribution in [3.63, 3.8) is 0 Å². The highest BCUT2D eigenvalue weighted by atomic mass is 16.6. The van der Waals surface area contributed by atoms with Gasteiger partial charge in [0.2, 0.25) is 0 Å². The van der Waals surface area contributed by atoms with Crippen molar-refractivity contribution >= 4 is 12.1 Å². The van der Waals surface area contributed by atoms with Crippen LogP contribution in [0.1, 0.15) is 42.5 Å². The van der Waals surface area contributed by atoms with E-state index in [-0.39, 0.29) is 11.8 Å². The van der Waals surface area contributed by atoms with E-state index in [0.29, 0.717) is 31.5 Å². The minimum absolute atomic E-state index is 0.0473. The van der Waals surface area contributed by atoms with E-state index in [1.54, 1.807) is 4.90 Å². The van der Waals surface area contributed by atoms with E-state index >= 15 is 0 Å². The van der Waals surface area contributed by atoms with Crippen molar-refractivity contribution < 1.29 is 19.4 Å². The summed E-state index contributed by atoms with van der Waals surface area (Å²) in [6, 6.07) is 0. The van der Waals surface area contributed by atoms with Crippen LogP contribution in [-0.2, 0) is 17.6 Å². The molecule has 7 nitrogen and oxygen atoms in total. The highest BCUT2D eigenvalue weighted by Gasteiger charge is 2.27. The average molecular weight is 281 g/mol. The number of aromatic amines is 1. The Hall–Kier alpha value is -2.05. The largest absolute Gasteiger partial charge is 0.476 e. The summed E-state index contributed by atoms with van der Waals surface area (Å²) < 4.78 is 5.33. The fourth-order valence-corrected chi connectivity index (χ4v) is 2.17. The number of amides is 1. The van der Waals surface area contributed by atoms with Gasteiger partial charge in [-0.1, -0.05) is 0 Å². The number of fused-ring (bicyclic) bond motifs is 1. The number of H-pyrrole nitrogens is 1. The number of carbonyl (C=O) groups excluding carboxylic acids is 1. The number of rotatable bonds is 1. The molecule has 1 aromatic heterocycles. The Kier molecular flexibility index (Phi) is 3.69. The molecule has 0 aromatic carbocycles. The Balaban J connectivity index is 2.08. The summed E-state index contributed by atoms with van der Waals surface area (Å²) in [5.74, 6) is -1.05. The maximum atomic E-state index is 12.0. The number of aromatic nitrogens is 2. The van der Waals surface area contributed by atoms with Crippen molar-refractivity contribution in [1.29, 1.82) is 0 Å². The number of carboxylic acids is 1. The summed E-state index contributed by atoms with van der Waals surface area (Å²) >= 11 is 0. The maximum absolute atomic E-state index is 12.0. The van der Waals surface area contributed by atoms with Crippen molar-refractivity contribution in [3.05, 3.63) is 17.0 Å². The minimum atomic E-state index is -1.05. The Morgan fingerprint density at radius 3 is 2.55 bits per heavy atom. The van der Waals surface area contributed by atoms with Gasteiger partial charge in [-0.15, -0.1) is 0 Å². The molecule has 1 amide bonds. The van der Waals surface area contributed by atoms with Crippen LogP contribution >= 0.6 is 0 Å². The van der Waals surface area contributed by atoms with E-state index in [4.69, 9.17) is 9.84 Å². The summed E-state index contributed by atoms with van der Waals surface area (Å²) in [5.41, 5.74) is 0.980. The van der Waals surface area contributed by atoms with E-state index < -0.39 is 11.6 Å². The number of ether oxygens (including phenoxy) is 1. The molecule has 2 N–H and O–H groups in total. The van der Waals surface area contributed by atoms with Crippen molar-refractivity contribution in [2.24, 2.45) is 0 Å². The van der Waals surface area contributed by atoms with Crippen LogP contribution in [0, 0.1) is 0 Å². The number of nitrogens with one attached hydrogen (secondary N) is 1. The van der Waals surface area contributed by atoms with Crippen LogP contribution in [0.2, 0.25) is 0 Å². The number of carboxylic acid groups (broad SMARTS) is 1. The molecule has 7 heteroatoms. The van der Waals surface area contributed by atoms with Gasteiger partial charge in [-0.25, -0.2) is 9.59 Å². The predicted octanol–water partition coefficient (Wildman–Crippen LogP) is 1.44. The third-order valence-corrected chi connectivity index (χ3v) is 3.07. The fourth-order valence-electron chi connectivity index (χ4n) is 2.17. The van der Waals surface area contributed by atoms with Crippen LogP contribution in [0.4, 0.5) is 4.79 Å². The second-order valence-electron chi connectivity index (χ2n) is 5.80. The third-order valence-electron chi connectivity index (χ3n) is 3.07. The zero-order valence-corrected chi connectivity index (χ0v) is 11.9. The highest BCUT2D eigenvalue weighted by Crippen LogP contribution is 2.19. The van der Waals surface area contributed by atoms with Gasteiger partial charge >= 0.3 is 12.1 Å². The van der Waals surface area contributed by atoms with Crippen molar-refractivity contribution in [2.75, 3.05) is 13.1 Å². The van der Waals surface area contributed by atoms with Crippen LogP contribution in [0.5, 0.6) is 0 Å². The van der Waals surface area contributed by atoms with Crippen molar-refractivity contribution in [2.45, 2.75) is 39.2 Å². The fraction of sp³-hybridized carbons (Fsp3) is 0.615. The van der Waals surface area contributed by atoms with Crippen LogP contribution in [-0.4, -0.2) is 51.0 Å². The Labute approximate surface area is 116 Å². The summed E-state index contributed by atoms with van der Waals surface area (Å²) in [6.07, 6.45) is 0.647. The van der Waals surface area contributed by atoms with Gasteiger partial charge in [0.05, 0.1) is 0 Å². The van der Waals surface area contributed by atoms with Gasteiger partial charge < -0.3 is 14.7 Å². The molecule has 0 spiro atoms. The molecule has 20 heavy (non-hydrogen) atoms. The summed E-state index contributed by atoms with van der Waals surface area (Å²) in [5, 5.41) is 15.6. The van der Waals surface area contributed by atoms with Gasteiger partial charge in [0, 0.05) is 30.8 Å². The van der Waals surface area contributed by atoms with Gasteiger partial charge in [-0.3, -0.25) is 5.10 Å². The normalized spacial score (nSPS) is 15.4. The number of hydrogen-bond acceptors (Lipinski definition) is 4. The predicted molar refractivity (Wildman–Crippen MR) is 70.8 cm³/mol. The standard InChI is InChI=1S/C13H19N3O4/c1-13(2,3)20-12(19)16-6-4-8-9(5-7-16)14-15-10(8)11(17)18/h4-7H2,1-3H3,(H,14,15)(H,17,18). The molecule has 0 fully saturated rings. The lowest BCUT2D eigenvalue weighted by Crippen LogP contribution is -2.38. The van der Waals surface area contributed by atoms with E-state index in [0.717, 1.165) is 5.69 Å². The van der Waals surface area contributed by atoms with Gasteiger partial charge in [0.25, 0.3) is 0 Å². The van der Waals surface area contributed by atoms with E-state index in [1.807, 2.05) is 20.8 Å². The SMILES string of the molecule is CC(C)(C)OC(=O)N1CCc2[nH]nc(C(=O)O)c2CC1.